The standard InChI is InChI=1S/C18H18FN7/c1-10(24-17-15-16(21-8-20-15)22-9-23-17)18-25-13-6-5-11(19)7-14(13)26(18)12-3-2-4-12/h5-10,12H,2-4H2,1H3,(H2,20,21,22,23,24)/t10-/m0/s1. The number of anilines is 1. The Hall–Kier alpha value is -3.03. The Labute approximate surface area is 148 Å². The van der Waals surface area contributed by atoms with Gasteiger partial charge in [0.15, 0.2) is 11.5 Å². The molecule has 132 valence electrons. The Kier molecular flexibility index (Phi) is 3.37. The van der Waals surface area contributed by atoms with E-state index in [4.69, 9.17) is 4.98 Å². The maximum absolute atomic E-state index is 13.8. The highest BCUT2D eigenvalue weighted by Gasteiger charge is 2.27. The largest absolute Gasteiger partial charge is 0.358 e. The van der Waals surface area contributed by atoms with E-state index in [1.807, 2.05) is 6.92 Å². The third kappa shape index (κ3) is 2.33. The van der Waals surface area contributed by atoms with E-state index in [1.165, 1.54) is 18.8 Å². The summed E-state index contributed by atoms with van der Waals surface area (Å²) >= 11 is 0. The maximum Gasteiger partial charge on any atom is 0.162 e. The van der Waals surface area contributed by atoms with Gasteiger partial charge in [0.25, 0.3) is 0 Å². The predicted molar refractivity (Wildman–Crippen MR) is 96.3 cm³/mol. The molecule has 3 aromatic heterocycles. The zero-order valence-corrected chi connectivity index (χ0v) is 14.3. The molecule has 7 nitrogen and oxygen atoms in total. The number of aromatic amines is 1. The number of hydrogen-bond acceptors (Lipinski definition) is 5. The Morgan fingerprint density at radius 1 is 1.27 bits per heavy atom. The van der Waals surface area contributed by atoms with Crippen LogP contribution in [-0.2, 0) is 0 Å². The predicted octanol–water partition coefficient (Wildman–Crippen LogP) is 3.74. The molecule has 0 saturated heterocycles. The highest BCUT2D eigenvalue weighted by Crippen LogP contribution is 2.37. The van der Waals surface area contributed by atoms with E-state index < -0.39 is 0 Å². The van der Waals surface area contributed by atoms with Crippen LogP contribution in [0, 0.1) is 5.82 Å². The number of fused-ring (bicyclic) bond motifs is 2. The molecule has 0 aliphatic heterocycles. The quantitative estimate of drug-likeness (QED) is 0.585. The summed E-state index contributed by atoms with van der Waals surface area (Å²) in [5.41, 5.74) is 3.04. The van der Waals surface area contributed by atoms with Gasteiger partial charge in [0.1, 0.15) is 23.5 Å². The number of nitrogens with one attached hydrogen (secondary N) is 2. The van der Waals surface area contributed by atoms with Crippen LogP contribution in [0.2, 0.25) is 0 Å². The second-order valence-electron chi connectivity index (χ2n) is 6.75. The fourth-order valence-electron chi connectivity index (χ4n) is 3.56. The van der Waals surface area contributed by atoms with Crippen molar-refractivity contribution in [2.45, 2.75) is 38.3 Å². The fourth-order valence-corrected chi connectivity index (χ4v) is 3.56. The van der Waals surface area contributed by atoms with Crippen LogP contribution in [0.3, 0.4) is 0 Å². The van der Waals surface area contributed by atoms with Crippen molar-refractivity contribution in [1.29, 1.82) is 0 Å². The van der Waals surface area contributed by atoms with Crippen LogP contribution >= 0.6 is 0 Å². The van der Waals surface area contributed by atoms with Gasteiger partial charge in [-0.25, -0.2) is 24.3 Å². The minimum absolute atomic E-state index is 0.110. The fraction of sp³-hybridized carbons (Fsp3) is 0.333. The lowest BCUT2D eigenvalue weighted by molar-refractivity contribution is 0.311. The van der Waals surface area contributed by atoms with Crippen LogP contribution in [0.5, 0.6) is 0 Å². The van der Waals surface area contributed by atoms with Gasteiger partial charge in [-0.05, 0) is 44.4 Å². The number of nitrogens with zero attached hydrogens (tertiary/aromatic N) is 5. The zero-order valence-electron chi connectivity index (χ0n) is 14.3. The Bertz CT molecular complexity index is 1100. The number of H-pyrrole nitrogens is 1. The van der Waals surface area contributed by atoms with Crippen molar-refractivity contribution in [3.05, 3.63) is 42.5 Å². The molecule has 0 unspecified atom stereocenters. The van der Waals surface area contributed by atoms with Gasteiger partial charge in [0.2, 0.25) is 0 Å². The first-order valence-electron chi connectivity index (χ1n) is 8.78. The molecule has 0 radical (unpaired) electrons. The molecule has 26 heavy (non-hydrogen) atoms. The third-order valence-electron chi connectivity index (χ3n) is 5.08. The third-order valence-corrected chi connectivity index (χ3v) is 5.08. The Balaban J connectivity index is 1.58. The molecule has 1 atom stereocenters. The zero-order chi connectivity index (χ0) is 17.7. The lowest BCUT2D eigenvalue weighted by atomic mass is 9.92. The number of rotatable bonds is 4. The van der Waals surface area contributed by atoms with Gasteiger partial charge in [0, 0.05) is 6.04 Å². The van der Waals surface area contributed by atoms with Crippen LogP contribution in [0.4, 0.5) is 10.2 Å². The van der Waals surface area contributed by atoms with E-state index in [2.05, 4.69) is 29.8 Å². The summed E-state index contributed by atoms with van der Waals surface area (Å²) in [6.07, 6.45) is 6.49. The van der Waals surface area contributed by atoms with Gasteiger partial charge in [-0.15, -0.1) is 0 Å². The van der Waals surface area contributed by atoms with Crippen LogP contribution in [0.1, 0.15) is 44.1 Å². The molecule has 8 heteroatoms. The van der Waals surface area contributed by atoms with Crippen molar-refractivity contribution in [2.75, 3.05) is 5.32 Å². The average Bonchev–Trinajstić information content (AvgIpc) is 3.19. The topological polar surface area (TPSA) is 84.3 Å². The summed E-state index contributed by atoms with van der Waals surface area (Å²) in [6.45, 7) is 2.04. The number of imidazole rings is 2. The second-order valence-corrected chi connectivity index (χ2v) is 6.75. The lowest BCUT2D eigenvalue weighted by Gasteiger charge is -2.30. The average molecular weight is 351 g/mol. The van der Waals surface area contributed by atoms with Gasteiger partial charge in [-0.3, -0.25) is 0 Å². The molecule has 1 aliphatic rings. The summed E-state index contributed by atoms with van der Waals surface area (Å²) in [4.78, 5) is 20.5. The van der Waals surface area contributed by atoms with E-state index in [9.17, 15) is 4.39 Å². The number of halogens is 1. The molecule has 0 amide bonds. The second kappa shape index (κ2) is 5.76. The van der Waals surface area contributed by atoms with Gasteiger partial charge < -0.3 is 14.9 Å². The van der Waals surface area contributed by atoms with Crippen molar-refractivity contribution in [2.24, 2.45) is 0 Å². The number of benzene rings is 1. The van der Waals surface area contributed by atoms with Crippen molar-refractivity contribution >= 4 is 28.0 Å². The molecule has 0 bridgehead atoms. The van der Waals surface area contributed by atoms with Gasteiger partial charge >= 0.3 is 0 Å². The summed E-state index contributed by atoms with van der Waals surface area (Å²) in [5, 5.41) is 3.40. The number of aromatic nitrogens is 6. The molecule has 1 aliphatic carbocycles. The first-order chi connectivity index (χ1) is 12.7. The SMILES string of the molecule is C[C@H](Nc1ncnc2[nH]cnc12)c1nc2ccc(F)cc2n1C1CCC1. The van der Waals surface area contributed by atoms with Gasteiger partial charge in [0.05, 0.1) is 23.4 Å². The smallest absolute Gasteiger partial charge is 0.162 e. The summed E-state index contributed by atoms with van der Waals surface area (Å²) in [7, 11) is 0. The van der Waals surface area contributed by atoms with E-state index in [1.54, 1.807) is 18.5 Å². The molecular formula is C18H18FN7. The van der Waals surface area contributed by atoms with E-state index in [-0.39, 0.29) is 11.9 Å². The van der Waals surface area contributed by atoms with Crippen molar-refractivity contribution < 1.29 is 4.39 Å². The van der Waals surface area contributed by atoms with Crippen molar-refractivity contribution in [3.63, 3.8) is 0 Å². The van der Waals surface area contributed by atoms with Crippen LogP contribution < -0.4 is 5.32 Å². The first kappa shape index (κ1) is 15.2. The molecule has 0 spiro atoms. The molecular weight excluding hydrogens is 333 g/mol. The highest BCUT2D eigenvalue weighted by molar-refractivity contribution is 5.82. The molecule has 1 saturated carbocycles. The van der Waals surface area contributed by atoms with E-state index in [0.717, 1.165) is 29.7 Å². The highest BCUT2D eigenvalue weighted by atomic mass is 19.1. The van der Waals surface area contributed by atoms with E-state index in [0.29, 0.717) is 23.0 Å². The molecule has 1 aromatic carbocycles. The minimum atomic E-state index is -0.237. The normalized spacial score (nSPS) is 16.1. The summed E-state index contributed by atoms with van der Waals surface area (Å²) in [5.74, 6) is 1.30. The molecule has 4 aromatic rings. The first-order valence-corrected chi connectivity index (χ1v) is 8.78. The molecule has 5 rings (SSSR count). The van der Waals surface area contributed by atoms with Crippen LogP contribution in [0.25, 0.3) is 22.2 Å². The lowest BCUT2D eigenvalue weighted by Crippen LogP contribution is -2.22. The molecule has 3 heterocycles. The van der Waals surface area contributed by atoms with E-state index >= 15 is 0 Å². The number of hydrogen-bond donors (Lipinski definition) is 2. The Morgan fingerprint density at radius 3 is 2.96 bits per heavy atom. The van der Waals surface area contributed by atoms with Crippen molar-refractivity contribution in [3.8, 4) is 0 Å². The molecule has 1 fully saturated rings. The van der Waals surface area contributed by atoms with Crippen LogP contribution in [-0.4, -0.2) is 29.5 Å². The maximum atomic E-state index is 13.8. The van der Waals surface area contributed by atoms with Gasteiger partial charge in [-0.2, -0.15) is 0 Å². The monoisotopic (exact) mass is 351 g/mol. The summed E-state index contributed by atoms with van der Waals surface area (Å²) < 4.78 is 16.0. The van der Waals surface area contributed by atoms with Crippen molar-refractivity contribution in [1.82, 2.24) is 29.5 Å². The molecule has 2 N–H and O–H groups in total. The summed E-state index contributed by atoms with van der Waals surface area (Å²) in [6, 6.07) is 5.04. The Morgan fingerprint density at radius 2 is 2.15 bits per heavy atom. The van der Waals surface area contributed by atoms with Gasteiger partial charge in [-0.1, -0.05) is 0 Å². The minimum Gasteiger partial charge on any atom is -0.358 e. The van der Waals surface area contributed by atoms with Crippen LogP contribution in [0.15, 0.2) is 30.9 Å².